The standard InChI is InChI=1S/C18H21NO3/c1-20-15-8-5-9-16(12-15)22-18(14-6-3-2-4-7-14)17-13-19-10-11-21-17/h2-9,12,17-19H,10-11,13H2,1H3. The molecule has 1 saturated heterocycles. The van der Waals surface area contributed by atoms with Crippen molar-refractivity contribution in [2.75, 3.05) is 26.8 Å². The lowest BCUT2D eigenvalue weighted by atomic mass is 10.0. The lowest BCUT2D eigenvalue weighted by Gasteiger charge is -2.31. The number of hydrogen-bond acceptors (Lipinski definition) is 4. The zero-order valence-corrected chi connectivity index (χ0v) is 12.7. The molecule has 0 radical (unpaired) electrons. The fourth-order valence-electron chi connectivity index (χ4n) is 2.60. The van der Waals surface area contributed by atoms with Gasteiger partial charge in [-0.15, -0.1) is 0 Å². The SMILES string of the molecule is COc1cccc(OC(c2ccccc2)C2CNCCO2)c1. The molecular weight excluding hydrogens is 278 g/mol. The molecule has 1 fully saturated rings. The lowest BCUT2D eigenvalue weighted by Crippen LogP contribution is -2.43. The van der Waals surface area contributed by atoms with Crippen LogP contribution in [0.15, 0.2) is 54.6 Å². The van der Waals surface area contributed by atoms with E-state index in [1.54, 1.807) is 7.11 Å². The number of rotatable bonds is 5. The first kappa shape index (κ1) is 14.9. The first-order chi connectivity index (χ1) is 10.9. The monoisotopic (exact) mass is 299 g/mol. The van der Waals surface area contributed by atoms with Crippen LogP contribution in [0.25, 0.3) is 0 Å². The maximum absolute atomic E-state index is 6.24. The van der Waals surface area contributed by atoms with Gasteiger partial charge in [0.1, 0.15) is 17.6 Å². The van der Waals surface area contributed by atoms with Crippen LogP contribution in [0.5, 0.6) is 11.5 Å². The van der Waals surface area contributed by atoms with E-state index in [1.807, 2.05) is 42.5 Å². The van der Waals surface area contributed by atoms with Crippen molar-refractivity contribution in [3.05, 3.63) is 60.2 Å². The molecule has 4 heteroatoms. The van der Waals surface area contributed by atoms with Gasteiger partial charge in [0.05, 0.1) is 13.7 Å². The van der Waals surface area contributed by atoms with Gasteiger partial charge in [-0.05, 0) is 17.7 Å². The Morgan fingerprint density at radius 2 is 1.91 bits per heavy atom. The molecule has 4 nitrogen and oxygen atoms in total. The number of morpholine rings is 1. The summed E-state index contributed by atoms with van der Waals surface area (Å²) in [5, 5.41) is 3.36. The lowest BCUT2D eigenvalue weighted by molar-refractivity contribution is -0.0432. The van der Waals surface area contributed by atoms with Crippen molar-refractivity contribution in [3.8, 4) is 11.5 Å². The molecule has 1 heterocycles. The van der Waals surface area contributed by atoms with E-state index in [4.69, 9.17) is 14.2 Å². The maximum Gasteiger partial charge on any atom is 0.151 e. The Morgan fingerprint density at radius 3 is 2.64 bits per heavy atom. The molecule has 2 unspecified atom stereocenters. The Balaban J connectivity index is 1.84. The van der Waals surface area contributed by atoms with Gasteiger partial charge in [-0.2, -0.15) is 0 Å². The van der Waals surface area contributed by atoms with Gasteiger partial charge < -0.3 is 19.5 Å². The summed E-state index contributed by atoms with van der Waals surface area (Å²) in [6.07, 6.45) is -0.163. The minimum absolute atomic E-state index is 0.0117. The second-order valence-corrected chi connectivity index (χ2v) is 5.24. The van der Waals surface area contributed by atoms with Crippen molar-refractivity contribution < 1.29 is 14.2 Å². The molecule has 22 heavy (non-hydrogen) atoms. The van der Waals surface area contributed by atoms with Gasteiger partial charge in [-0.3, -0.25) is 0 Å². The van der Waals surface area contributed by atoms with Crippen molar-refractivity contribution in [2.45, 2.75) is 12.2 Å². The van der Waals surface area contributed by atoms with Crippen LogP contribution in [-0.4, -0.2) is 32.9 Å². The molecule has 3 rings (SSSR count). The average Bonchev–Trinajstić information content (AvgIpc) is 2.61. The van der Waals surface area contributed by atoms with Gasteiger partial charge in [-0.25, -0.2) is 0 Å². The molecule has 0 saturated carbocycles. The Labute approximate surface area is 131 Å². The molecule has 1 aliphatic heterocycles. The normalized spacial score (nSPS) is 19.4. The van der Waals surface area contributed by atoms with Crippen LogP contribution in [-0.2, 0) is 4.74 Å². The molecule has 2 aromatic rings. The zero-order valence-electron chi connectivity index (χ0n) is 12.7. The van der Waals surface area contributed by atoms with Crippen molar-refractivity contribution >= 4 is 0 Å². The number of benzene rings is 2. The molecule has 2 aromatic carbocycles. The summed E-state index contributed by atoms with van der Waals surface area (Å²) >= 11 is 0. The molecule has 0 aliphatic carbocycles. The van der Waals surface area contributed by atoms with Crippen LogP contribution in [0.2, 0.25) is 0 Å². The highest BCUT2D eigenvalue weighted by Gasteiger charge is 2.27. The van der Waals surface area contributed by atoms with E-state index in [-0.39, 0.29) is 12.2 Å². The fourth-order valence-corrected chi connectivity index (χ4v) is 2.60. The summed E-state index contributed by atoms with van der Waals surface area (Å²) in [6, 6.07) is 17.9. The number of methoxy groups -OCH3 is 1. The summed E-state index contributed by atoms with van der Waals surface area (Å²) in [5.41, 5.74) is 1.11. The fraction of sp³-hybridized carbons (Fsp3) is 0.333. The smallest absolute Gasteiger partial charge is 0.151 e. The van der Waals surface area contributed by atoms with Crippen LogP contribution in [0, 0.1) is 0 Å². The first-order valence-electron chi connectivity index (χ1n) is 7.55. The van der Waals surface area contributed by atoms with E-state index in [0.29, 0.717) is 6.61 Å². The van der Waals surface area contributed by atoms with Crippen LogP contribution < -0.4 is 14.8 Å². The number of ether oxygens (including phenoxy) is 3. The second kappa shape index (κ2) is 7.29. The third-order valence-electron chi connectivity index (χ3n) is 3.73. The zero-order chi connectivity index (χ0) is 15.2. The Hall–Kier alpha value is -2.04. The van der Waals surface area contributed by atoms with E-state index in [1.165, 1.54) is 0 Å². The first-order valence-corrected chi connectivity index (χ1v) is 7.55. The van der Waals surface area contributed by atoms with Gasteiger partial charge in [0.15, 0.2) is 6.10 Å². The van der Waals surface area contributed by atoms with E-state index < -0.39 is 0 Å². The van der Waals surface area contributed by atoms with E-state index in [0.717, 1.165) is 30.2 Å². The van der Waals surface area contributed by atoms with Crippen molar-refractivity contribution in [1.82, 2.24) is 5.32 Å². The summed E-state index contributed by atoms with van der Waals surface area (Å²) in [7, 11) is 1.65. The Kier molecular flexibility index (Phi) is 4.93. The van der Waals surface area contributed by atoms with Crippen molar-refractivity contribution in [2.24, 2.45) is 0 Å². The van der Waals surface area contributed by atoms with Crippen molar-refractivity contribution in [3.63, 3.8) is 0 Å². The number of nitrogens with one attached hydrogen (secondary N) is 1. The molecule has 0 bridgehead atoms. The third-order valence-corrected chi connectivity index (χ3v) is 3.73. The summed E-state index contributed by atoms with van der Waals surface area (Å²) in [6.45, 7) is 2.37. The van der Waals surface area contributed by atoms with Gasteiger partial charge in [0.2, 0.25) is 0 Å². The van der Waals surface area contributed by atoms with E-state index >= 15 is 0 Å². The van der Waals surface area contributed by atoms with Gasteiger partial charge in [0.25, 0.3) is 0 Å². The van der Waals surface area contributed by atoms with Crippen molar-refractivity contribution in [1.29, 1.82) is 0 Å². The Morgan fingerprint density at radius 1 is 1.09 bits per heavy atom. The molecule has 1 aliphatic rings. The highest BCUT2D eigenvalue weighted by Crippen LogP contribution is 2.29. The summed E-state index contributed by atoms with van der Waals surface area (Å²) < 4.78 is 17.4. The molecule has 0 aromatic heterocycles. The summed E-state index contributed by atoms with van der Waals surface area (Å²) in [4.78, 5) is 0. The molecule has 1 N–H and O–H groups in total. The predicted octanol–water partition coefficient (Wildman–Crippen LogP) is 2.80. The molecule has 116 valence electrons. The van der Waals surface area contributed by atoms with E-state index in [9.17, 15) is 0 Å². The second-order valence-electron chi connectivity index (χ2n) is 5.24. The number of hydrogen-bond donors (Lipinski definition) is 1. The summed E-state index contributed by atoms with van der Waals surface area (Å²) in [5.74, 6) is 1.56. The van der Waals surface area contributed by atoms with Crippen LogP contribution in [0.1, 0.15) is 11.7 Å². The Bertz CT molecular complexity index is 582. The largest absolute Gasteiger partial charge is 0.497 e. The maximum atomic E-state index is 6.24. The predicted molar refractivity (Wildman–Crippen MR) is 85.4 cm³/mol. The molecule has 0 amide bonds. The van der Waals surface area contributed by atoms with Gasteiger partial charge in [-0.1, -0.05) is 36.4 Å². The molecular formula is C18H21NO3. The van der Waals surface area contributed by atoms with Gasteiger partial charge in [0, 0.05) is 19.2 Å². The highest BCUT2D eigenvalue weighted by atomic mass is 16.5. The molecule has 0 spiro atoms. The average molecular weight is 299 g/mol. The van der Waals surface area contributed by atoms with Crippen LogP contribution in [0.3, 0.4) is 0 Å². The van der Waals surface area contributed by atoms with Gasteiger partial charge >= 0.3 is 0 Å². The molecule has 2 atom stereocenters. The topological polar surface area (TPSA) is 39.7 Å². The van der Waals surface area contributed by atoms with E-state index in [2.05, 4.69) is 17.4 Å². The quantitative estimate of drug-likeness (QED) is 0.921. The minimum atomic E-state index is -0.152. The third kappa shape index (κ3) is 3.59. The van der Waals surface area contributed by atoms with Crippen LogP contribution in [0.4, 0.5) is 0 Å². The highest BCUT2D eigenvalue weighted by molar-refractivity contribution is 5.34. The van der Waals surface area contributed by atoms with Crippen LogP contribution >= 0.6 is 0 Å². The minimum Gasteiger partial charge on any atom is -0.497 e.